The Balaban J connectivity index is 0.923. The predicted molar refractivity (Wildman–Crippen MR) is 186 cm³/mol. The molecule has 3 unspecified atom stereocenters. The van der Waals surface area contributed by atoms with E-state index in [9.17, 15) is 9.18 Å². The quantitative estimate of drug-likeness (QED) is 0.174. The highest BCUT2D eigenvalue weighted by molar-refractivity contribution is 6.30. The third-order valence-electron chi connectivity index (χ3n) is 9.69. The standard InChI is InChI=1S/C36H40ClFN8O3/c1-3-26(2)46-35(47)44(25-41-46)31-7-5-29(6-8-31)42-16-18-43(19-17-42)30-9-11-32(12-10-30)48-22-27-21-36(49-23-27,24-45-39-14-15-40-45)28-4-13-34(38)33(37)20-28/h4-15,20,25-27H,3,16-19,21-24H2,1-2H3. The molecule has 11 nitrogen and oxygen atoms in total. The van der Waals surface area contributed by atoms with Gasteiger partial charge in [0.15, 0.2) is 0 Å². The first-order valence-corrected chi connectivity index (χ1v) is 17.1. The van der Waals surface area contributed by atoms with Crippen molar-refractivity contribution in [2.75, 3.05) is 49.2 Å². The van der Waals surface area contributed by atoms with E-state index in [1.165, 1.54) is 10.7 Å². The van der Waals surface area contributed by atoms with E-state index in [1.807, 2.05) is 38.1 Å². The molecular weight excluding hydrogens is 647 g/mol. The minimum Gasteiger partial charge on any atom is -0.493 e. The summed E-state index contributed by atoms with van der Waals surface area (Å²) in [6, 6.07) is 21.2. The smallest absolute Gasteiger partial charge is 0.350 e. The van der Waals surface area contributed by atoms with Crippen LogP contribution in [0.4, 0.5) is 15.8 Å². The van der Waals surface area contributed by atoms with E-state index < -0.39 is 11.4 Å². The zero-order valence-electron chi connectivity index (χ0n) is 27.7. The number of piperazine rings is 1. The summed E-state index contributed by atoms with van der Waals surface area (Å²) in [6.07, 6.45) is 6.35. The number of benzene rings is 3. The van der Waals surface area contributed by atoms with Gasteiger partial charge in [-0.05, 0) is 86.0 Å². The van der Waals surface area contributed by atoms with Crippen LogP contribution in [-0.4, -0.2) is 68.7 Å². The Morgan fingerprint density at radius 3 is 2.20 bits per heavy atom. The molecule has 0 N–H and O–H groups in total. The van der Waals surface area contributed by atoms with Gasteiger partial charge in [-0.15, -0.1) is 0 Å². The molecule has 0 bridgehead atoms. The van der Waals surface area contributed by atoms with Gasteiger partial charge in [0.2, 0.25) is 0 Å². The first-order chi connectivity index (χ1) is 23.8. The molecule has 5 aromatic rings. The van der Waals surface area contributed by atoms with E-state index in [-0.39, 0.29) is 22.7 Å². The lowest BCUT2D eigenvalue weighted by Gasteiger charge is -2.37. The van der Waals surface area contributed by atoms with Gasteiger partial charge in [0.25, 0.3) is 0 Å². The van der Waals surface area contributed by atoms with E-state index in [0.29, 0.717) is 26.2 Å². The summed E-state index contributed by atoms with van der Waals surface area (Å²) in [7, 11) is 0. The van der Waals surface area contributed by atoms with Crippen LogP contribution in [0.2, 0.25) is 5.02 Å². The Morgan fingerprint density at radius 1 is 0.939 bits per heavy atom. The second-order valence-corrected chi connectivity index (χ2v) is 13.3. The molecule has 49 heavy (non-hydrogen) atoms. The third-order valence-corrected chi connectivity index (χ3v) is 9.97. The summed E-state index contributed by atoms with van der Waals surface area (Å²) < 4.78 is 29.7. The van der Waals surface area contributed by atoms with Crippen LogP contribution in [0.25, 0.3) is 5.69 Å². The van der Waals surface area contributed by atoms with Crippen LogP contribution < -0.4 is 20.2 Å². The SMILES string of the molecule is CCC(C)n1ncn(-c2ccc(N3CCN(c4ccc(OCC5COC(Cn6nccn6)(c6ccc(F)c(Cl)c6)C5)cc4)CC3)cc2)c1=O. The first kappa shape index (κ1) is 32.8. The Morgan fingerprint density at radius 2 is 1.57 bits per heavy atom. The van der Waals surface area contributed by atoms with Crippen LogP contribution in [0.1, 0.15) is 38.3 Å². The van der Waals surface area contributed by atoms with E-state index >= 15 is 0 Å². The number of hydrogen-bond acceptors (Lipinski definition) is 8. The summed E-state index contributed by atoms with van der Waals surface area (Å²) in [5.41, 5.74) is 3.04. The van der Waals surface area contributed by atoms with E-state index in [4.69, 9.17) is 21.1 Å². The molecule has 2 aromatic heterocycles. The van der Waals surface area contributed by atoms with Crippen molar-refractivity contribution in [2.24, 2.45) is 5.92 Å². The maximum Gasteiger partial charge on any atom is 0.350 e. The molecule has 3 aromatic carbocycles. The number of nitrogens with zero attached hydrogens (tertiary/aromatic N) is 8. The van der Waals surface area contributed by atoms with Crippen molar-refractivity contribution in [2.45, 2.75) is 44.9 Å². The number of rotatable bonds is 11. The molecule has 4 heterocycles. The highest BCUT2D eigenvalue weighted by atomic mass is 35.5. The summed E-state index contributed by atoms with van der Waals surface area (Å²) in [5.74, 6) is 0.449. The molecule has 2 fully saturated rings. The lowest BCUT2D eigenvalue weighted by molar-refractivity contribution is -0.0210. The monoisotopic (exact) mass is 686 g/mol. The Labute approximate surface area is 289 Å². The van der Waals surface area contributed by atoms with Gasteiger partial charge in [0.1, 0.15) is 23.5 Å². The molecule has 2 aliphatic heterocycles. The van der Waals surface area contributed by atoms with Gasteiger partial charge >= 0.3 is 5.69 Å². The number of aromatic nitrogens is 6. The zero-order valence-corrected chi connectivity index (χ0v) is 28.4. The summed E-state index contributed by atoms with van der Waals surface area (Å²) >= 11 is 6.15. The topological polar surface area (TPSA) is 95.5 Å². The number of hydrogen-bond donors (Lipinski definition) is 0. The molecule has 0 radical (unpaired) electrons. The highest BCUT2D eigenvalue weighted by Gasteiger charge is 2.43. The largest absolute Gasteiger partial charge is 0.493 e. The first-order valence-electron chi connectivity index (χ1n) is 16.7. The van der Waals surface area contributed by atoms with Crippen LogP contribution in [0.3, 0.4) is 0 Å². The average Bonchev–Trinajstić information content (AvgIpc) is 3.90. The maximum atomic E-state index is 14.0. The van der Waals surface area contributed by atoms with Crippen molar-refractivity contribution in [3.05, 3.63) is 112 Å². The van der Waals surface area contributed by atoms with Crippen molar-refractivity contribution in [3.63, 3.8) is 0 Å². The second-order valence-electron chi connectivity index (χ2n) is 12.8. The predicted octanol–water partition coefficient (Wildman–Crippen LogP) is 5.73. The Hall–Kier alpha value is -4.68. The number of ether oxygens (including phenoxy) is 2. The van der Waals surface area contributed by atoms with Gasteiger partial charge in [-0.1, -0.05) is 24.6 Å². The molecule has 13 heteroatoms. The lowest BCUT2D eigenvalue weighted by Crippen LogP contribution is -2.46. The fourth-order valence-electron chi connectivity index (χ4n) is 6.69. The van der Waals surface area contributed by atoms with Crippen LogP contribution >= 0.6 is 11.6 Å². The van der Waals surface area contributed by atoms with Crippen molar-refractivity contribution in [3.8, 4) is 11.4 Å². The lowest BCUT2D eigenvalue weighted by atomic mass is 9.87. The van der Waals surface area contributed by atoms with Gasteiger partial charge in [0, 0.05) is 43.5 Å². The van der Waals surface area contributed by atoms with Crippen molar-refractivity contribution in [1.29, 1.82) is 0 Å². The van der Waals surface area contributed by atoms with E-state index in [0.717, 1.165) is 61.0 Å². The van der Waals surface area contributed by atoms with E-state index in [1.54, 1.807) is 40.2 Å². The summed E-state index contributed by atoms with van der Waals surface area (Å²) in [5, 5.41) is 12.9. The molecular formula is C36H40ClFN8O3. The normalized spacial score (nSPS) is 20.1. The summed E-state index contributed by atoms with van der Waals surface area (Å²) in [4.78, 5) is 19.1. The maximum absolute atomic E-state index is 14.0. The molecule has 0 spiro atoms. The minimum atomic E-state index is -0.741. The van der Waals surface area contributed by atoms with Crippen LogP contribution in [0.15, 0.2) is 90.2 Å². The highest BCUT2D eigenvalue weighted by Crippen LogP contribution is 2.41. The second kappa shape index (κ2) is 14.0. The molecule has 2 saturated heterocycles. The number of halogens is 2. The van der Waals surface area contributed by atoms with Crippen molar-refractivity contribution >= 4 is 23.0 Å². The molecule has 2 aliphatic rings. The molecule has 0 saturated carbocycles. The van der Waals surface area contributed by atoms with Gasteiger partial charge in [-0.25, -0.2) is 18.4 Å². The zero-order chi connectivity index (χ0) is 34.0. The van der Waals surface area contributed by atoms with Crippen molar-refractivity contribution < 1.29 is 13.9 Å². The Kier molecular flexibility index (Phi) is 9.42. The fourth-order valence-corrected chi connectivity index (χ4v) is 6.87. The Bertz CT molecular complexity index is 1910. The molecule has 7 rings (SSSR count). The van der Waals surface area contributed by atoms with E-state index in [2.05, 4.69) is 49.4 Å². The van der Waals surface area contributed by atoms with Gasteiger partial charge in [-0.2, -0.15) is 20.1 Å². The minimum absolute atomic E-state index is 0.0602. The number of anilines is 2. The van der Waals surface area contributed by atoms with Crippen molar-refractivity contribution in [1.82, 2.24) is 29.3 Å². The summed E-state index contributed by atoms with van der Waals surface area (Å²) in [6.45, 7) is 8.97. The van der Waals surface area contributed by atoms with Crippen LogP contribution in [0.5, 0.6) is 5.75 Å². The van der Waals surface area contributed by atoms with Crippen LogP contribution in [0, 0.1) is 11.7 Å². The van der Waals surface area contributed by atoms with Gasteiger partial charge < -0.3 is 19.3 Å². The van der Waals surface area contributed by atoms with Gasteiger partial charge in [0.05, 0.1) is 48.9 Å². The van der Waals surface area contributed by atoms with Crippen LogP contribution in [-0.2, 0) is 16.9 Å². The third kappa shape index (κ3) is 6.93. The van der Waals surface area contributed by atoms with Gasteiger partial charge in [-0.3, -0.25) is 0 Å². The molecule has 0 aliphatic carbocycles. The molecule has 256 valence electrons. The average molecular weight is 687 g/mol. The molecule has 0 amide bonds. The molecule has 3 atom stereocenters. The fraction of sp³-hybridized carbons (Fsp3) is 0.389.